The van der Waals surface area contributed by atoms with Crippen molar-refractivity contribution in [3.8, 4) is 0 Å². The lowest BCUT2D eigenvalue weighted by atomic mass is 10.1. The first-order valence-electron chi connectivity index (χ1n) is 6.64. The van der Waals surface area contributed by atoms with E-state index in [1.807, 2.05) is 0 Å². The van der Waals surface area contributed by atoms with Crippen LogP contribution in [0.5, 0.6) is 0 Å². The third-order valence-corrected chi connectivity index (χ3v) is 3.40. The molecule has 0 bridgehead atoms. The Balaban J connectivity index is 2.06. The smallest absolute Gasteiger partial charge is 0.0402 e. The summed E-state index contributed by atoms with van der Waals surface area (Å²) in [6.07, 6.45) is 0. The van der Waals surface area contributed by atoms with Crippen molar-refractivity contribution in [2.24, 2.45) is 0 Å². The SMILES string of the molecule is Cc1cccc(C)c1NCc1ccc(N(C)C)cc1. The lowest BCUT2D eigenvalue weighted by molar-refractivity contribution is 1.10. The Morgan fingerprint density at radius 2 is 1.47 bits per heavy atom. The number of hydrogen-bond acceptors (Lipinski definition) is 2. The van der Waals surface area contributed by atoms with Crippen molar-refractivity contribution in [1.29, 1.82) is 0 Å². The van der Waals surface area contributed by atoms with Crippen molar-refractivity contribution in [2.45, 2.75) is 20.4 Å². The van der Waals surface area contributed by atoms with Crippen LogP contribution in [0.1, 0.15) is 16.7 Å². The second-order valence-electron chi connectivity index (χ2n) is 5.18. The second kappa shape index (κ2) is 5.79. The molecule has 0 saturated heterocycles. The molecule has 0 aromatic heterocycles. The molecule has 0 aliphatic heterocycles. The summed E-state index contributed by atoms with van der Waals surface area (Å²) in [5, 5.41) is 3.53. The summed E-state index contributed by atoms with van der Waals surface area (Å²) in [6, 6.07) is 15.0. The van der Waals surface area contributed by atoms with E-state index in [0.717, 1.165) is 6.54 Å². The van der Waals surface area contributed by atoms with E-state index in [-0.39, 0.29) is 0 Å². The molecule has 0 saturated carbocycles. The maximum atomic E-state index is 3.53. The van der Waals surface area contributed by atoms with Crippen LogP contribution in [0.2, 0.25) is 0 Å². The third-order valence-electron chi connectivity index (χ3n) is 3.40. The maximum absolute atomic E-state index is 3.53. The minimum atomic E-state index is 0.861. The van der Waals surface area contributed by atoms with Gasteiger partial charge < -0.3 is 10.2 Å². The average Bonchev–Trinajstić information content (AvgIpc) is 2.38. The van der Waals surface area contributed by atoms with Crippen LogP contribution >= 0.6 is 0 Å². The highest BCUT2D eigenvalue weighted by Crippen LogP contribution is 2.20. The van der Waals surface area contributed by atoms with Crippen LogP contribution in [0.15, 0.2) is 42.5 Å². The monoisotopic (exact) mass is 254 g/mol. The third kappa shape index (κ3) is 3.28. The normalized spacial score (nSPS) is 10.3. The first-order chi connectivity index (χ1) is 9.08. The van der Waals surface area contributed by atoms with Gasteiger partial charge in [0.25, 0.3) is 0 Å². The molecule has 2 aromatic rings. The zero-order valence-corrected chi connectivity index (χ0v) is 12.2. The van der Waals surface area contributed by atoms with Gasteiger partial charge in [-0.25, -0.2) is 0 Å². The van der Waals surface area contributed by atoms with Crippen molar-refractivity contribution < 1.29 is 0 Å². The van der Waals surface area contributed by atoms with Gasteiger partial charge >= 0.3 is 0 Å². The lowest BCUT2D eigenvalue weighted by Gasteiger charge is -2.15. The topological polar surface area (TPSA) is 15.3 Å². The molecule has 0 aliphatic rings. The molecule has 0 amide bonds. The summed E-state index contributed by atoms with van der Waals surface area (Å²) in [5.74, 6) is 0. The van der Waals surface area contributed by atoms with Gasteiger partial charge in [-0.1, -0.05) is 30.3 Å². The molecule has 19 heavy (non-hydrogen) atoms. The predicted octanol–water partition coefficient (Wildman–Crippen LogP) is 3.98. The van der Waals surface area contributed by atoms with Crippen molar-refractivity contribution in [1.82, 2.24) is 0 Å². The van der Waals surface area contributed by atoms with Gasteiger partial charge in [-0.05, 0) is 42.7 Å². The molecule has 2 nitrogen and oxygen atoms in total. The summed E-state index contributed by atoms with van der Waals surface area (Å²) in [5.41, 5.74) is 6.37. The largest absolute Gasteiger partial charge is 0.381 e. The summed E-state index contributed by atoms with van der Waals surface area (Å²) in [7, 11) is 4.12. The number of benzene rings is 2. The van der Waals surface area contributed by atoms with E-state index < -0.39 is 0 Å². The van der Waals surface area contributed by atoms with Crippen LogP contribution in [-0.2, 0) is 6.54 Å². The van der Waals surface area contributed by atoms with Crippen LogP contribution in [0.4, 0.5) is 11.4 Å². The minimum Gasteiger partial charge on any atom is -0.381 e. The van der Waals surface area contributed by atoms with E-state index in [1.54, 1.807) is 0 Å². The fourth-order valence-corrected chi connectivity index (χ4v) is 2.20. The number of aryl methyl sites for hydroxylation is 2. The Bertz CT molecular complexity index is 521. The van der Waals surface area contributed by atoms with Crippen LogP contribution < -0.4 is 10.2 Å². The van der Waals surface area contributed by atoms with E-state index in [1.165, 1.54) is 28.1 Å². The molecule has 0 aliphatic carbocycles. The molecule has 2 rings (SSSR count). The van der Waals surface area contributed by atoms with Crippen molar-refractivity contribution in [2.75, 3.05) is 24.3 Å². The number of hydrogen-bond donors (Lipinski definition) is 1. The number of rotatable bonds is 4. The Kier molecular flexibility index (Phi) is 4.10. The summed E-state index contributed by atoms with van der Waals surface area (Å²) in [4.78, 5) is 2.11. The molecular formula is C17H22N2. The lowest BCUT2D eigenvalue weighted by Crippen LogP contribution is -2.08. The maximum Gasteiger partial charge on any atom is 0.0402 e. The van der Waals surface area contributed by atoms with Gasteiger partial charge in [-0.15, -0.1) is 0 Å². The molecular weight excluding hydrogens is 232 g/mol. The van der Waals surface area contributed by atoms with Crippen LogP contribution in [0.3, 0.4) is 0 Å². The zero-order chi connectivity index (χ0) is 13.8. The minimum absolute atomic E-state index is 0.861. The van der Waals surface area contributed by atoms with Gasteiger partial charge in [-0.2, -0.15) is 0 Å². The standard InChI is InChI=1S/C17H22N2/c1-13-6-5-7-14(2)17(13)18-12-15-8-10-16(11-9-15)19(3)4/h5-11,18H,12H2,1-4H3. The molecule has 0 unspecified atom stereocenters. The molecule has 2 aromatic carbocycles. The summed E-state index contributed by atoms with van der Waals surface area (Å²) < 4.78 is 0. The van der Waals surface area contributed by atoms with E-state index in [2.05, 4.69) is 80.6 Å². The van der Waals surface area contributed by atoms with Gasteiger partial charge in [0, 0.05) is 32.0 Å². The Labute approximate surface area is 116 Å². The predicted molar refractivity (Wildman–Crippen MR) is 84.0 cm³/mol. The number of nitrogens with one attached hydrogen (secondary N) is 1. The van der Waals surface area contributed by atoms with Crippen LogP contribution in [0.25, 0.3) is 0 Å². The molecule has 0 atom stereocenters. The quantitative estimate of drug-likeness (QED) is 0.887. The number of nitrogens with zero attached hydrogens (tertiary/aromatic N) is 1. The van der Waals surface area contributed by atoms with Crippen molar-refractivity contribution >= 4 is 11.4 Å². The highest BCUT2D eigenvalue weighted by molar-refractivity contribution is 5.57. The van der Waals surface area contributed by atoms with E-state index in [4.69, 9.17) is 0 Å². The Hall–Kier alpha value is -1.96. The zero-order valence-electron chi connectivity index (χ0n) is 12.2. The molecule has 1 N–H and O–H groups in total. The molecule has 0 fully saturated rings. The Morgan fingerprint density at radius 1 is 0.895 bits per heavy atom. The second-order valence-corrected chi connectivity index (χ2v) is 5.18. The van der Waals surface area contributed by atoms with Crippen molar-refractivity contribution in [3.05, 3.63) is 59.2 Å². The van der Waals surface area contributed by atoms with Gasteiger partial charge in [-0.3, -0.25) is 0 Å². The van der Waals surface area contributed by atoms with Gasteiger partial charge in [0.1, 0.15) is 0 Å². The van der Waals surface area contributed by atoms with Crippen LogP contribution in [0, 0.1) is 13.8 Å². The fraction of sp³-hybridized carbons (Fsp3) is 0.294. The van der Waals surface area contributed by atoms with E-state index in [9.17, 15) is 0 Å². The molecule has 100 valence electrons. The molecule has 0 spiro atoms. The first-order valence-corrected chi connectivity index (χ1v) is 6.64. The van der Waals surface area contributed by atoms with Crippen molar-refractivity contribution in [3.63, 3.8) is 0 Å². The van der Waals surface area contributed by atoms with E-state index in [0.29, 0.717) is 0 Å². The number of para-hydroxylation sites is 1. The van der Waals surface area contributed by atoms with E-state index >= 15 is 0 Å². The highest BCUT2D eigenvalue weighted by Gasteiger charge is 2.02. The Morgan fingerprint density at radius 3 is 2.00 bits per heavy atom. The first kappa shape index (κ1) is 13.5. The van der Waals surface area contributed by atoms with Crippen LogP contribution in [-0.4, -0.2) is 14.1 Å². The highest BCUT2D eigenvalue weighted by atomic mass is 15.1. The molecule has 0 radical (unpaired) electrons. The fourth-order valence-electron chi connectivity index (χ4n) is 2.20. The summed E-state index contributed by atoms with van der Waals surface area (Å²) >= 11 is 0. The summed E-state index contributed by atoms with van der Waals surface area (Å²) in [6.45, 7) is 5.15. The average molecular weight is 254 g/mol. The van der Waals surface area contributed by atoms with Gasteiger partial charge in [0.15, 0.2) is 0 Å². The molecule has 2 heteroatoms. The number of anilines is 2. The molecule has 0 heterocycles. The van der Waals surface area contributed by atoms with Gasteiger partial charge in [0.05, 0.1) is 0 Å². The van der Waals surface area contributed by atoms with Gasteiger partial charge in [0.2, 0.25) is 0 Å².